The van der Waals surface area contributed by atoms with Crippen LogP contribution in [0.15, 0.2) is 0 Å². The molecule has 0 aromatic rings. The zero-order valence-electron chi connectivity index (χ0n) is 62.0. The van der Waals surface area contributed by atoms with Crippen LogP contribution in [0.1, 0.15) is 395 Å². The van der Waals surface area contributed by atoms with Gasteiger partial charge in [-0.25, -0.2) is 9.13 Å². The van der Waals surface area contributed by atoms with E-state index in [1.807, 2.05) is 0 Å². The molecular formula is C76H148O17P2. The number of aliphatic hydroxyl groups is 1. The molecule has 0 rings (SSSR count). The lowest BCUT2D eigenvalue weighted by molar-refractivity contribution is -0.161. The first-order valence-corrected chi connectivity index (χ1v) is 42.5. The molecule has 0 amide bonds. The highest BCUT2D eigenvalue weighted by molar-refractivity contribution is 7.47. The summed E-state index contributed by atoms with van der Waals surface area (Å²) in [6, 6.07) is 0. The van der Waals surface area contributed by atoms with Gasteiger partial charge in [0.15, 0.2) is 12.2 Å². The summed E-state index contributed by atoms with van der Waals surface area (Å²) in [5.41, 5.74) is 0. The van der Waals surface area contributed by atoms with Crippen LogP contribution in [0.3, 0.4) is 0 Å². The minimum Gasteiger partial charge on any atom is -0.462 e. The lowest BCUT2D eigenvalue weighted by atomic mass is 10.0. The molecule has 17 nitrogen and oxygen atoms in total. The van der Waals surface area contributed by atoms with Crippen molar-refractivity contribution in [3.8, 4) is 0 Å². The van der Waals surface area contributed by atoms with Crippen LogP contribution in [0.25, 0.3) is 0 Å². The molecule has 0 aromatic carbocycles. The Hall–Kier alpha value is -1.94. The standard InChI is InChI=1S/C76H148O17P2/c1-7-9-11-13-15-17-19-20-21-22-23-24-25-26-27-28-29-30-36-42-48-54-60-75(80)92-71(64-87-74(79)59-53-47-41-35-32-31-33-38-44-50-56-68(3)4)66-90-94(82,83)88-62-70(77)63-89-95(84,85)91-67-72(93-76(81)61-55-49-43-37-39-45-51-57-69(5)6)65-86-73(78)58-52-46-40-34-18-16-14-12-10-8-2/h68-72,77H,7-67H2,1-6H3,(H,82,83)(H,84,85)/t70-,71-,72-/m1/s1. The second kappa shape index (κ2) is 67.9. The van der Waals surface area contributed by atoms with Crippen LogP contribution < -0.4 is 0 Å². The summed E-state index contributed by atoms with van der Waals surface area (Å²) in [5, 5.41) is 10.6. The summed E-state index contributed by atoms with van der Waals surface area (Å²) < 4.78 is 68.4. The number of unbranched alkanes of at least 4 members (excludes halogenated alkanes) is 45. The van der Waals surface area contributed by atoms with Crippen LogP contribution in [0, 0.1) is 11.8 Å². The molecule has 3 N–H and O–H groups in total. The molecule has 0 saturated carbocycles. The van der Waals surface area contributed by atoms with Crippen molar-refractivity contribution in [1.82, 2.24) is 0 Å². The van der Waals surface area contributed by atoms with Crippen molar-refractivity contribution in [2.45, 2.75) is 413 Å². The van der Waals surface area contributed by atoms with Crippen molar-refractivity contribution in [2.24, 2.45) is 11.8 Å². The highest BCUT2D eigenvalue weighted by atomic mass is 31.2. The van der Waals surface area contributed by atoms with Crippen LogP contribution in [0.2, 0.25) is 0 Å². The summed E-state index contributed by atoms with van der Waals surface area (Å²) in [5.74, 6) is -0.666. The Labute approximate surface area is 581 Å². The first kappa shape index (κ1) is 93.1. The second-order valence-electron chi connectivity index (χ2n) is 28.3. The number of hydrogen-bond donors (Lipinski definition) is 3. The van der Waals surface area contributed by atoms with Gasteiger partial charge in [0.25, 0.3) is 0 Å². The van der Waals surface area contributed by atoms with Gasteiger partial charge in [-0.15, -0.1) is 0 Å². The molecule has 0 heterocycles. The van der Waals surface area contributed by atoms with Gasteiger partial charge >= 0.3 is 39.5 Å². The molecule has 0 aromatic heterocycles. The third-order valence-corrected chi connectivity index (χ3v) is 19.6. The average Bonchev–Trinajstić information content (AvgIpc) is 1.35. The molecule has 0 aliphatic rings. The molecule has 0 bridgehead atoms. The van der Waals surface area contributed by atoms with E-state index in [1.165, 1.54) is 212 Å². The topological polar surface area (TPSA) is 237 Å². The molecule has 0 aliphatic heterocycles. The quantitative estimate of drug-likeness (QED) is 0.0222. The SMILES string of the molecule is CCCCCCCCCCCCCCCCCCCCCCCCC(=O)O[C@H](COC(=O)CCCCCCCCCCCCC(C)C)COP(=O)(O)OC[C@@H](O)COP(=O)(O)OC[C@@H](COC(=O)CCCCCCCCCCCC)OC(=O)CCCCCCCCCC(C)C. The Morgan fingerprint density at radius 1 is 0.284 bits per heavy atom. The number of carbonyl (C=O) groups is 4. The van der Waals surface area contributed by atoms with Crippen LogP contribution in [-0.4, -0.2) is 96.7 Å². The van der Waals surface area contributed by atoms with Crippen molar-refractivity contribution >= 4 is 39.5 Å². The van der Waals surface area contributed by atoms with E-state index in [2.05, 4.69) is 41.5 Å². The fourth-order valence-corrected chi connectivity index (χ4v) is 13.2. The van der Waals surface area contributed by atoms with Crippen molar-refractivity contribution < 1.29 is 80.2 Å². The van der Waals surface area contributed by atoms with Gasteiger partial charge in [0.1, 0.15) is 19.3 Å². The number of phosphoric acid groups is 2. The molecule has 19 heteroatoms. The lowest BCUT2D eigenvalue weighted by Crippen LogP contribution is -2.30. The zero-order chi connectivity index (χ0) is 70.0. The zero-order valence-corrected chi connectivity index (χ0v) is 63.8. The molecular weight excluding hydrogens is 1250 g/mol. The van der Waals surface area contributed by atoms with E-state index in [9.17, 15) is 43.2 Å². The fourth-order valence-electron chi connectivity index (χ4n) is 11.7. The number of carbonyl (C=O) groups excluding carboxylic acids is 4. The largest absolute Gasteiger partial charge is 0.472 e. The van der Waals surface area contributed by atoms with Crippen LogP contribution in [0.4, 0.5) is 0 Å². The Morgan fingerprint density at radius 3 is 0.716 bits per heavy atom. The third kappa shape index (κ3) is 70.3. The third-order valence-electron chi connectivity index (χ3n) is 17.7. The van der Waals surface area contributed by atoms with E-state index < -0.39 is 97.5 Å². The minimum absolute atomic E-state index is 0.104. The van der Waals surface area contributed by atoms with Gasteiger partial charge in [-0.2, -0.15) is 0 Å². The summed E-state index contributed by atoms with van der Waals surface area (Å²) >= 11 is 0. The monoisotopic (exact) mass is 1400 g/mol. The Kier molecular flexibility index (Phi) is 66.5. The second-order valence-corrected chi connectivity index (χ2v) is 31.3. The predicted molar refractivity (Wildman–Crippen MR) is 386 cm³/mol. The fraction of sp³-hybridized carbons (Fsp3) is 0.947. The normalized spacial score (nSPS) is 14.0. The molecule has 95 heavy (non-hydrogen) atoms. The summed E-state index contributed by atoms with van der Waals surface area (Å²) in [7, 11) is -9.91. The highest BCUT2D eigenvalue weighted by Crippen LogP contribution is 2.45. The smallest absolute Gasteiger partial charge is 0.462 e. The van der Waals surface area contributed by atoms with Crippen molar-refractivity contribution in [3.05, 3.63) is 0 Å². The Morgan fingerprint density at radius 2 is 0.484 bits per heavy atom. The van der Waals surface area contributed by atoms with Crippen LogP contribution in [-0.2, 0) is 65.4 Å². The molecule has 0 radical (unpaired) electrons. The Bertz CT molecular complexity index is 1840. The van der Waals surface area contributed by atoms with Gasteiger partial charge in [0.2, 0.25) is 0 Å². The van der Waals surface area contributed by atoms with Crippen LogP contribution in [0.5, 0.6) is 0 Å². The molecule has 0 aliphatic carbocycles. The van der Waals surface area contributed by atoms with Crippen molar-refractivity contribution in [3.63, 3.8) is 0 Å². The van der Waals surface area contributed by atoms with Crippen molar-refractivity contribution in [1.29, 1.82) is 0 Å². The Balaban J connectivity index is 5.17. The van der Waals surface area contributed by atoms with Crippen LogP contribution >= 0.6 is 15.6 Å². The van der Waals surface area contributed by atoms with Crippen molar-refractivity contribution in [2.75, 3.05) is 39.6 Å². The van der Waals surface area contributed by atoms with E-state index in [0.717, 1.165) is 95.8 Å². The number of hydrogen-bond acceptors (Lipinski definition) is 15. The summed E-state index contributed by atoms with van der Waals surface area (Å²) in [6.07, 6.45) is 55.8. The summed E-state index contributed by atoms with van der Waals surface area (Å²) in [4.78, 5) is 72.7. The maximum absolute atomic E-state index is 13.1. The lowest BCUT2D eigenvalue weighted by Gasteiger charge is -2.21. The maximum Gasteiger partial charge on any atom is 0.472 e. The highest BCUT2D eigenvalue weighted by Gasteiger charge is 2.30. The molecule has 2 unspecified atom stereocenters. The van der Waals surface area contributed by atoms with Gasteiger partial charge in [0.05, 0.1) is 26.4 Å². The number of aliphatic hydroxyl groups excluding tert-OH is 1. The number of esters is 4. The van der Waals surface area contributed by atoms with Gasteiger partial charge in [-0.1, -0.05) is 343 Å². The molecule has 0 saturated heterocycles. The minimum atomic E-state index is -4.96. The molecule has 564 valence electrons. The number of rotatable bonds is 75. The number of ether oxygens (including phenoxy) is 4. The molecule has 0 fully saturated rings. The van der Waals surface area contributed by atoms with Gasteiger partial charge < -0.3 is 33.8 Å². The maximum atomic E-state index is 13.1. The summed E-state index contributed by atoms with van der Waals surface area (Å²) in [6.45, 7) is 9.51. The molecule has 0 spiro atoms. The first-order valence-electron chi connectivity index (χ1n) is 39.5. The van der Waals surface area contributed by atoms with Gasteiger partial charge in [0, 0.05) is 25.7 Å². The van der Waals surface area contributed by atoms with E-state index in [4.69, 9.17) is 37.0 Å². The van der Waals surface area contributed by atoms with Gasteiger partial charge in [-0.05, 0) is 37.5 Å². The van der Waals surface area contributed by atoms with E-state index in [-0.39, 0.29) is 25.7 Å². The van der Waals surface area contributed by atoms with Gasteiger partial charge in [-0.3, -0.25) is 37.3 Å². The molecule has 5 atom stereocenters. The first-order chi connectivity index (χ1) is 45.9. The average molecular weight is 1400 g/mol. The predicted octanol–water partition coefficient (Wildman–Crippen LogP) is 22.3. The number of phosphoric ester groups is 2. The van der Waals surface area contributed by atoms with E-state index in [0.29, 0.717) is 31.6 Å². The van der Waals surface area contributed by atoms with E-state index >= 15 is 0 Å². The van der Waals surface area contributed by atoms with E-state index in [1.54, 1.807) is 0 Å².